The Morgan fingerprint density at radius 3 is 2.27 bits per heavy atom. The van der Waals surface area contributed by atoms with Gasteiger partial charge in [0.1, 0.15) is 0 Å². The van der Waals surface area contributed by atoms with Gasteiger partial charge in [-0.2, -0.15) is 18.4 Å². The van der Waals surface area contributed by atoms with Gasteiger partial charge in [0.25, 0.3) is 0 Å². The molecule has 2 aromatic carbocycles. The molecule has 0 bridgehead atoms. The third-order valence-corrected chi connectivity index (χ3v) is 5.44. The molecular formula is C20H13F8N4Tl. The van der Waals surface area contributed by atoms with Crippen molar-refractivity contribution in [2.45, 2.75) is 15.8 Å². The molecule has 0 saturated heterocycles. The summed E-state index contributed by atoms with van der Waals surface area (Å²) < 4.78 is 103. The first-order valence-corrected chi connectivity index (χ1v) is 11.2. The molecule has 1 N–H and O–H groups in total. The molecule has 0 atom stereocenters. The van der Waals surface area contributed by atoms with Gasteiger partial charge in [-0.25, -0.2) is 0 Å². The number of benzene rings is 2. The van der Waals surface area contributed by atoms with Crippen LogP contribution in [0.1, 0.15) is 22.3 Å². The summed E-state index contributed by atoms with van der Waals surface area (Å²) in [7, 11) is 0. The average molecular weight is 666 g/mol. The van der Waals surface area contributed by atoms with Gasteiger partial charge >= 0.3 is 169 Å². The molecule has 0 aliphatic heterocycles. The summed E-state index contributed by atoms with van der Waals surface area (Å²) in [6, 6.07) is 8.46. The van der Waals surface area contributed by atoms with Crippen LogP contribution in [0.15, 0.2) is 47.5 Å². The van der Waals surface area contributed by atoms with Crippen molar-refractivity contribution in [1.82, 2.24) is 0 Å². The van der Waals surface area contributed by atoms with Gasteiger partial charge in [-0.05, 0) is 0 Å². The van der Waals surface area contributed by atoms with Crippen molar-refractivity contribution in [3.05, 3.63) is 64.7 Å². The van der Waals surface area contributed by atoms with Gasteiger partial charge < -0.3 is 0 Å². The second-order valence-corrected chi connectivity index (χ2v) is 9.58. The van der Waals surface area contributed by atoms with Gasteiger partial charge in [-0.3, -0.25) is 0 Å². The van der Waals surface area contributed by atoms with Crippen LogP contribution in [0, 0.1) is 16.7 Å². The predicted octanol–water partition coefficient (Wildman–Crippen LogP) is 5.26. The molecule has 33 heavy (non-hydrogen) atoms. The molecule has 13 heteroatoms. The summed E-state index contributed by atoms with van der Waals surface area (Å²) in [4.78, 5) is 4.12. The van der Waals surface area contributed by atoms with Gasteiger partial charge in [0.15, 0.2) is 0 Å². The van der Waals surface area contributed by atoms with Crippen LogP contribution in [0.4, 0.5) is 40.8 Å². The Balaban J connectivity index is 2.32. The smallest absolute Gasteiger partial charge is 0.166 e. The SMILES string of the molecule is N#Cc1ccc(N(CC(=N)N=Cc2cccc([C](F)(F)[Tl])c2)CC(F)(F)F)cc1C(F)(F)F. The van der Waals surface area contributed by atoms with Crippen LogP contribution in [0.25, 0.3) is 0 Å². The average Bonchev–Trinajstić information content (AvgIpc) is 2.69. The molecule has 0 radical (unpaired) electrons. The molecule has 0 aliphatic carbocycles. The van der Waals surface area contributed by atoms with E-state index in [-0.39, 0.29) is 11.1 Å². The van der Waals surface area contributed by atoms with Crippen LogP contribution in [0.5, 0.6) is 0 Å². The van der Waals surface area contributed by atoms with E-state index in [1.54, 1.807) is 0 Å². The van der Waals surface area contributed by atoms with Crippen molar-refractivity contribution in [2.24, 2.45) is 4.99 Å². The number of nitrogens with one attached hydrogen (secondary N) is 1. The van der Waals surface area contributed by atoms with E-state index in [4.69, 9.17) is 10.7 Å². The molecule has 0 unspecified atom stereocenters. The third kappa shape index (κ3) is 8.06. The zero-order valence-corrected chi connectivity index (χ0v) is 21.0. The van der Waals surface area contributed by atoms with Crippen LogP contribution in [-0.2, 0) is 9.66 Å². The summed E-state index contributed by atoms with van der Waals surface area (Å²) in [5.41, 5.74) is -2.78. The molecule has 2 rings (SSSR count). The normalized spacial score (nSPS) is 12.5. The third-order valence-electron chi connectivity index (χ3n) is 4.15. The van der Waals surface area contributed by atoms with Gasteiger partial charge in [0.2, 0.25) is 0 Å². The molecule has 0 heterocycles. The van der Waals surface area contributed by atoms with Crippen molar-refractivity contribution < 1.29 is 35.1 Å². The topological polar surface area (TPSA) is 63.2 Å². The minimum atomic E-state index is -4.98. The zero-order chi connectivity index (χ0) is 25.0. The molecule has 2 aromatic rings. The Bertz CT molecular complexity index is 1080. The number of hydrogen-bond acceptors (Lipinski definition) is 3. The molecule has 0 aliphatic rings. The first kappa shape index (κ1) is 26.7. The maximum absolute atomic E-state index is 13.5. The van der Waals surface area contributed by atoms with E-state index >= 15 is 0 Å². The summed E-state index contributed by atoms with van der Waals surface area (Å²) in [5, 5.41) is 16.7. The standard InChI is InChI=1S/C20H13F8N4.Tl/c21-18(22)13-3-1-2-12(6-13)9-31-17(30)10-32(11-19(23,24)25)15-5-4-14(8-29)16(7-15)20(26,27)28;/h1-7,9,30H,10-11H2;. The maximum atomic E-state index is 13.5. The molecule has 0 fully saturated rings. The number of alkyl halides is 8. The fraction of sp³-hybridized carbons (Fsp3) is 0.250. The summed E-state index contributed by atoms with van der Waals surface area (Å²) in [6.07, 6.45) is -8.79. The second-order valence-electron chi connectivity index (χ2n) is 6.76. The number of aliphatic imine (C=N–C) groups is 1. The Morgan fingerprint density at radius 2 is 1.73 bits per heavy atom. The minimum Gasteiger partial charge on any atom is -0.166 e. The van der Waals surface area contributed by atoms with E-state index < -0.39 is 77.3 Å². The summed E-state index contributed by atoms with van der Waals surface area (Å²) in [6.45, 7) is -2.51. The predicted molar refractivity (Wildman–Crippen MR) is 106 cm³/mol. The van der Waals surface area contributed by atoms with Crippen LogP contribution in [0.2, 0.25) is 0 Å². The van der Waals surface area contributed by atoms with E-state index in [2.05, 4.69) is 4.99 Å². The summed E-state index contributed by atoms with van der Waals surface area (Å²) >= 11 is -0.669. The van der Waals surface area contributed by atoms with Crippen molar-refractivity contribution in [2.75, 3.05) is 18.0 Å². The van der Waals surface area contributed by atoms with Gasteiger partial charge in [0, 0.05) is 0 Å². The molecule has 4 nitrogen and oxygen atoms in total. The fourth-order valence-corrected chi connectivity index (χ4v) is 3.41. The number of halogens is 8. The van der Waals surface area contributed by atoms with Crippen molar-refractivity contribution >= 4 is 43.5 Å². The molecule has 172 valence electrons. The van der Waals surface area contributed by atoms with E-state index in [0.717, 1.165) is 24.4 Å². The van der Waals surface area contributed by atoms with Gasteiger partial charge in [-0.15, -0.1) is 0 Å². The van der Waals surface area contributed by atoms with Crippen LogP contribution in [-0.4, -0.2) is 57.1 Å². The van der Waals surface area contributed by atoms with Gasteiger partial charge in [0.05, 0.1) is 11.6 Å². The Labute approximate surface area is 198 Å². The van der Waals surface area contributed by atoms with E-state index in [1.807, 2.05) is 0 Å². The van der Waals surface area contributed by atoms with Crippen LogP contribution >= 0.6 is 0 Å². The molecule has 0 spiro atoms. The number of rotatable bonds is 6. The summed E-state index contributed by atoms with van der Waals surface area (Å²) in [5.74, 6) is -0.651. The fourth-order valence-electron chi connectivity index (χ4n) is 2.72. The number of amidine groups is 1. The molecule has 0 amide bonds. The molecular weight excluding hydrogens is 653 g/mol. The van der Waals surface area contributed by atoms with Crippen LogP contribution < -0.4 is 4.90 Å². The number of hydrogen-bond donors (Lipinski definition) is 1. The van der Waals surface area contributed by atoms with Crippen LogP contribution in [0.3, 0.4) is 0 Å². The second kappa shape index (κ2) is 10.1. The Hall–Kier alpha value is -2.57. The number of nitriles is 1. The Kier molecular flexibility index (Phi) is 8.20. The van der Waals surface area contributed by atoms with E-state index in [9.17, 15) is 35.1 Å². The Morgan fingerprint density at radius 1 is 1.06 bits per heavy atom. The minimum absolute atomic E-state index is 0.178. The van der Waals surface area contributed by atoms with E-state index in [0.29, 0.717) is 11.0 Å². The van der Waals surface area contributed by atoms with Crippen molar-refractivity contribution in [1.29, 1.82) is 10.7 Å². The monoisotopic (exact) mass is 666 g/mol. The first-order chi connectivity index (χ1) is 15.1. The first-order valence-electron chi connectivity index (χ1n) is 8.92. The van der Waals surface area contributed by atoms with Crippen molar-refractivity contribution in [3.63, 3.8) is 0 Å². The van der Waals surface area contributed by atoms with Gasteiger partial charge in [-0.1, -0.05) is 0 Å². The molecule has 0 saturated carbocycles. The molecule has 0 aromatic heterocycles. The van der Waals surface area contributed by atoms with Crippen molar-refractivity contribution in [3.8, 4) is 6.07 Å². The quantitative estimate of drug-likeness (QED) is 0.198. The number of nitrogens with zero attached hydrogens (tertiary/aromatic N) is 3. The number of anilines is 1. The zero-order valence-electron chi connectivity index (χ0n) is 16.5. The van der Waals surface area contributed by atoms with E-state index in [1.165, 1.54) is 24.3 Å².